The molecule has 0 amide bonds. The molecule has 1 atom stereocenters. The first-order chi connectivity index (χ1) is 14.6. The van der Waals surface area contributed by atoms with Gasteiger partial charge in [-0.15, -0.1) is 0 Å². The van der Waals surface area contributed by atoms with Crippen LogP contribution in [0.2, 0.25) is 5.02 Å². The minimum absolute atomic E-state index is 0.0125. The van der Waals surface area contributed by atoms with Crippen molar-refractivity contribution in [2.24, 2.45) is 4.99 Å². The molecule has 3 rings (SSSR count). The van der Waals surface area contributed by atoms with E-state index in [1.165, 1.54) is 0 Å². The molecule has 1 unspecified atom stereocenters. The topological polar surface area (TPSA) is 83.7 Å². The number of nitrogens with one attached hydrogen (secondary N) is 2. The van der Waals surface area contributed by atoms with Gasteiger partial charge in [-0.2, -0.15) is 5.10 Å². The van der Waals surface area contributed by atoms with Crippen molar-refractivity contribution < 1.29 is 9.84 Å². The first-order valence-corrected chi connectivity index (χ1v) is 10.0. The fourth-order valence-corrected chi connectivity index (χ4v) is 3.25. The molecular formula is C22H26ClN5O2. The lowest BCUT2D eigenvalue weighted by atomic mass is 10.1. The van der Waals surface area contributed by atoms with Gasteiger partial charge in [0.1, 0.15) is 11.5 Å². The number of rotatable bonds is 8. The summed E-state index contributed by atoms with van der Waals surface area (Å²) in [4.78, 5) is 4.29. The number of phenols is 1. The Bertz CT molecular complexity index is 958. The molecule has 0 aliphatic rings. The standard InChI is InChI=1S/C22H26ClN5O2/c1-24-22(25-12-10-17-6-9-19(30-2)14-21(17)29)26-15-20(28-13-3-11-27-28)16-4-7-18(23)8-5-16/h3-9,11,13-14,20,29H,10,12,15H2,1-2H3,(H2,24,25,26). The van der Waals surface area contributed by atoms with Crippen LogP contribution >= 0.6 is 11.6 Å². The van der Waals surface area contributed by atoms with Gasteiger partial charge in [0.25, 0.3) is 0 Å². The van der Waals surface area contributed by atoms with Crippen molar-refractivity contribution in [2.45, 2.75) is 12.5 Å². The largest absolute Gasteiger partial charge is 0.508 e. The highest BCUT2D eigenvalue weighted by Gasteiger charge is 2.15. The van der Waals surface area contributed by atoms with E-state index in [1.807, 2.05) is 53.3 Å². The quantitative estimate of drug-likeness (QED) is 0.379. The summed E-state index contributed by atoms with van der Waals surface area (Å²) in [5.74, 6) is 1.53. The van der Waals surface area contributed by atoms with Gasteiger partial charge in [0.2, 0.25) is 0 Å². The van der Waals surface area contributed by atoms with Gasteiger partial charge in [-0.05, 0) is 41.8 Å². The predicted molar refractivity (Wildman–Crippen MR) is 120 cm³/mol. The number of aliphatic imine (C=N–C) groups is 1. The first kappa shape index (κ1) is 21.5. The van der Waals surface area contributed by atoms with Crippen LogP contribution < -0.4 is 15.4 Å². The Morgan fingerprint density at radius 1 is 1.23 bits per heavy atom. The molecule has 7 nitrogen and oxygen atoms in total. The average molecular weight is 428 g/mol. The minimum atomic E-state index is -0.0125. The third-order valence-corrected chi connectivity index (χ3v) is 5.02. The van der Waals surface area contributed by atoms with Gasteiger partial charge in [0.15, 0.2) is 5.96 Å². The molecule has 30 heavy (non-hydrogen) atoms. The molecule has 0 bridgehead atoms. The van der Waals surface area contributed by atoms with Crippen LogP contribution in [0.1, 0.15) is 17.2 Å². The van der Waals surface area contributed by atoms with Crippen LogP contribution in [0.3, 0.4) is 0 Å². The van der Waals surface area contributed by atoms with Crippen LogP contribution in [0.4, 0.5) is 0 Å². The van der Waals surface area contributed by atoms with Gasteiger partial charge in [0.05, 0.1) is 13.2 Å². The van der Waals surface area contributed by atoms with Crippen molar-refractivity contribution in [3.63, 3.8) is 0 Å². The zero-order valence-corrected chi connectivity index (χ0v) is 17.8. The van der Waals surface area contributed by atoms with Gasteiger partial charge in [-0.25, -0.2) is 0 Å². The zero-order valence-electron chi connectivity index (χ0n) is 17.0. The third kappa shape index (κ3) is 5.67. The third-order valence-electron chi connectivity index (χ3n) is 4.76. The monoisotopic (exact) mass is 427 g/mol. The van der Waals surface area contributed by atoms with Crippen molar-refractivity contribution in [1.82, 2.24) is 20.4 Å². The number of methoxy groups -OCH3 is 1. The molecule has 1 heterocycles. The maximum atomic E-state index is 10.1. The van der Waals surface area contributed by atoms with Crippen LogP contribution in [0.5, 0.6) is 11.5 Å². The molecule has 0 fully saturated rings. The van der Waals surface area contributed by atoms with Gasteiger partial charge < -0.3 is 20.5 Å². The number of benzene rings is 2. The smallest absolute Gasteiger partial charge is 0.191 e. The van der Waals surface area contributed by atoms with Crippen LogP contribution in [-0.2, 0) is 6.42 Å². The first-order valence-electron chi connectivity index (χ1n) is 9.65. The van der Waals surface area contributed by atoms with Crippen molar-refractivity contribution in [3.05, 3.63) is 77.1 Å². The van der Waals surface area contributed by atoms with E-state index in [4.69, 9.17) is 16.3 Å². The minimum Gasteiger partial charge on any atom is -0.508 e. The average Bonchev–Trinajstić information content (AvgIpc) is 3.29. The summed E-state index contributed by atoms with van der Waals surface area (Å²) >= 11 is 6.04. The van der Waals surface area contributed by atoms with Gasteiger partial charge >= 0.3 is 0 Å². The second kappa shape index (κ2) is 10.5. The molecule has 3 aromatic rings. The lowest BCUT2D eigenvalue weighted by Gasteiger charge is -2.21. The number of ether oxygens (including phenoxy) is 1. The predicted octanol–water partition coefficient (Wildman–Crippen LogP) is 3.25. The van der Waals surface area contributed by atoms with E-state index < -0.39 is 0 Å². The van der Waals surface area contributed by atoms with Crippen LogP contribution in [0, 0.1) is 0 Å². The second-order valence-electron chi connectivity index (χ2n) is 6.68. The molecule has 158 valence electrons. The number of nitrogens with zero attached hydrogens (tertiary/aromatic N) is 3. The Balaban J connectivity index is 1.58. The summed E-state index contributed by atoms with van der Waals surface area (Å²) in [5.41, 5.74) is 1.93. The fourth-order valence-electron chi connectivity index (χ4n) is 3.13. The molecule has 0 aliphatic carbocycles. The van der Waals surface area contributed by atoms with E-state index in [0.29, 0.717) is 36.2 Å². The number of halogens is 1. The Hall–Kier alpha value is -3.19. The van der Waals surface area contributed by atoms with E-state index in [2.05, 4.69) is 20.7 Å². The molecule has 3 N–H and O–H groups in total. The van der Waals surface area contributed by atoms with Gasteiger partial charge in [0, 0.05) is 43.6 Å². The lowest BCUT2D eigenvalue weighted by molar-refractivity contribution is 0.406. The summed E-state index contributed by atoms with van der Waals surface area (Å²) < 4.78 is 7.02. The van der Waals surface area contributed by atoms with Crippen LogP contribution in [-0.4, -0.2) is 48.1 Å². The molecule has 0 spiro atoms. The number of aromatic hydroxyl groups is 1. The lowest BCUT2D eigenvalue weighted by Crippen LogP contribution is -2.41. The Kier molecular flexibility index (Phi) is 7.57. The van der Waals surface area contributed by atoms with Crippen molar-refractivity contribution in [3.8, 4) is 11.5 Å². The molecule has 0 saturated carbocycles. The van der Waals surface area contributed by atoms with Crippen LogP contribution in [0.25, 0.3) is 0 Å². The number of phenolic OH excluding ortho intramolecular Hbond substituents is 1. The highest BCUT2D eigenvalue weighted by Crippen LogP contribution is 2.23. The molecule has 2 aromatic carbocycles. The Labute approximate surface area is 181 Å². The zero-order chi connectivity index (χ0) is 21.3. The summed E-state index contributed by atoms with van der Waals surface area (Å²) in [7, 11) is 3.30. The highest BCUT2D eigenvalue weighted by atomic mass is 35.5. The summed E-state index contributed by atoms with van der Waals surface area (Å²) in [6.45, 7) is 1.21. The maximum Gasteiger partial charge on any atom is 0.191 e. The van der Waals surface area contributed by atoms with E-state index in [1.54, 1.807) is 26.4 Å². The van der Waals surface area contributed by atoms with Crippen LogP contribution in [0.15, 0.2) is 65.9 Å². The molecule has 8 heteroatoms. The number of hydrogen-bond acceptors (Lipinski definition) is 4. The van der Waals surface area contributed by atoms with E-state index in [-0.39, 0.29) is 11.8 Å². The van der Waals surface area contributed by atoms with Crippen molar-refractivity contribution in [1.29, 1.82) is 0 Å². The summed E-state index contributed by atoms with van der Waals surface area (Å²) in [6.07, 6.45) is 4.34. The van der Waals surface area contributed by atoms with Crippen molar-refractivity contribution in [2.75, 3.05) is 27.2 Å². The van der Waals surface area contributed by atoms with Crippen molar-refractivity contribution >= 4 is 17.6 Å². The summed E-state index contributed by atoms with van der Waals surface area (Å²) in [5, 5.41) is 21.8. The van der Waals surface area contributed by atoms with E-state index in [0.717, 1.165) is 11.1 Å². The molecule has 0 aliphatic heterocycles. The highest BCUT2D eigenvalue weighted by molar-refractivity contribution is 6.30. The molecule has 0 saturated heterocycles. The fraction of sp³-hybridized carbons (Fsp3) is 0.273. The normalized spacial score (nSPS) is 12.4. The summed E-state index contributed by atoms with van der Waals surface area (Å²) in [6, 6.07) is 15.0. The Morgan fingerprint density at radius 2 is 2.03 bits per heavy atom. The Morgan fingerprint density at radius 3 is 2.67 bits per heavy atom. The molecule has 1 aromatic heterocycles. The van der Waals surface area contributed by atoms with Gasteiger partial charge in [-0.3, -0.25) is 9.67 Å². The van der Waals surface area contributed by atoms with Gasteiger partial charge in [-0.1, -0.05) is 29.8 Å². The SMILES string of the molecule is CN=C(NCCc1ccc(OC)cc1O)NCC(c1ccc(Cl)cc1)n1cccn1. The van der Waals surface area contributed by atoms with E-state index in [9.17, 15) is 5.11 Å². The maximum absolute atomic E-state index is 10.1. The number of hydrogen-bond donors (Lipinski definition) is 3. The number of aromatic nitrogens is 2. The molecular weight excluding hydrogens is 402 g/mol. The second-order valence-corrected chi connectivity index (χ2v) is 7.11. The molecule has 0 radical (unpaired) electrons. The number of guanidine groups is 1. The van der Waals surface area contributed by atoms with E-state index >= 15 is 0 Å².